The largest absolute Gasteiger partial charge is 0.324 e. The molecule has 17 heavy (non-hydrogen) atoms. The fourth-order valence-corrected chi connectivity index (χ4v) is 2.83. The molecule has 1 aliphatic rings. The summed E-state index contributed by atoms with van der Waals surface area (Å²) in [5.41, 5.74) is 8.55. The molecule has 92 valence electrons. The lowest BCUT2D eigenvalue weighted by atomic mass is 9.91. The van der Waals surface area contributed by atoms with Crippen LogP contribution in [0.15, 0.2) is 29.8 Å². The number of benzene rings is 1. The van der Waals surface area contributed by atoms with Crippen LogP contribution >= 0.6 is 23.2 Å². The number of halogens is 2. The maximum Gasteiger partial charge on any atom is 0.0453 e. The molecule has 0 radical (unpaired) electrons. The molecule has 0 amide bonds. The zero-order valence-corrected chi connectivity index (χ0v) is 11.3. The summed E-state index contributed by atoms with van der Waals surface area (Å²) in [6.45, 7) is 0. The normalized spacial score (nSPS) is 17.7. The van der Waals surface area contributed by atoms with Gasteiger partial charge in [0, 0.05) is 16.1 Å². The summed E-state index contributed by atoms with van der Waals surface area (Å²) in [7, 11) is 0. The molecular formula is C14H17Cl2N. The molecule has 0 heterocycles. The fraction of sp³-hybridized carbons (Fsp3) is 0.429. The molecule has 1 aliphatic carbocycles. The van der Waals surface area contributed by atoms with Gasteiger partial charge in [0.1, 0.15) is 0 Å². The Morgan fingerprint density at radius 1 is 1.18 bits per heavy atom. The van der Waals surface area contributed by atoms with Crippen molar-refractivity contribution in [2.24, 2.45) is 5.73 Å². The Labute approximate surface area is 113 Å². The predicted octanol–water partition coefficient (Wildman–Crippen LogP) is 4.36. The summed E-state index contributed by atoms with van der Waals surface area (Å²) in [6.07, 6.45) is 7.80. The first-order valence-corrected chi connectivity index (χ1v) is 6.81. The van der Waals surface area contributed by atoms with Crippen LogP contribution in [0.4, 0.5) is 0 Å². The van der Waals surface area contributed by atoms with Crippen LogP contribution in [0.3, 0.4) is 0 Å². The molecule has 3 heteroatoms. The zero-order chi connectivity index (χ0) is 12.3. The Bertz CT molecular complexity index is 406. The summed E-state index contributed by atoms with van der Waals surface area (Å²) in [5, 5.41) is 1.42. The topological polar surface area (TPSA) is 26.0 Å². The molecule has 0 aromatic heterocycles. The smallest absolute Gasteiger partial charge is 0.0453 e. The van der Waals surface area contributed by atoms with E-state index in [0.717, 1.165) is 24.8 Å². The van der Waals surface area contributed by atoms with Crippen LogP contribution in [0.25, 0.3) is 0 Å². The van der Waals surface area contributed by atoms with Crippen LogP contribution in [-0.4, -0.2) is 6.04 Å². The van der Waals surface area contributed by atoms with Crippen molar-refractivity contribution in [3.05, 3.63) is 45.5 Å². The molecule has 0 aliphatic heterocycles. The highest BCUT2D eigenvalue weighted by Crippen LogP contribution is 2.28. The fourth-order valence-electron chi connectivity index (χ4n) is 2.28. The van der Waals surface area contributed by atoms with Gasteiger partial charge in [-0.05, 0) is 49.8 Å². The summed E-state index contributed by atoms with van der Waals surface area (Å²) in [5.74, 6) is 0. The van der Waals surface area contributed by atoms with Gasteiger partial charge in [0.15, 0.2) is 0 Å². The molecule has 2 rings (SSSR count). The number of hydrogen-bond acceptors (Lipinski definition) is 1. The first-order chi connectivity index (χ1) is 8.18. The van der Waals surface area contributed by atoms with Crippen molar-refractivity contribution in [2.75, 3.05) is 0 Å². The molecule has 2 N–H and O–H groups in total. The van der Waals surface area contributed by atoms with Crippen LogP contribution in [-0.2, 0) is 6.42 Å². The van der Waals surface area contributed by atoms with Gasteiger partial charge in [-0.25, -0.2) is 0 Å². The third kappa shape index (κ3) is 3.25. The average molecular weight is 270 g/mol. The van der Waals surface area contributed by atoms with Crippen molar-refractivity contribution in [1.29, 1.82) is 0 Å². The summed E-state index contributed by atoms with van der Waals surface area (Å²) in [4.78, 5) is 0. The van der Waals surface area contributed by atoms with Gasteiger partial charge < -0.3 is 5.73 Å². The third-order valence-electron chi connectivity index (χ3n) is 3.29. The lowest BCUT2D eigenvalue weighted by molar-refractivity contribution is 0.630. The first kappa shape index (κ1) is 12.9. The van der Waals surface area contributed by atoms with Crippen molar-refractivity contribution in [3.8, 4) is 0 Å². The molecule has 1 unspecified atom stereocenters. The van der Waals surface area contributed by atoms with Crippen molar-refractivity contribution < 1.29 is 0 Å². The lowest BCUT2D eigenvalue weighted by Gasteiger charge is -2.20. The van der Waals surface area contributed by atoms with Gasteiger partial charge in [0.2, 0.25) is 0 Å². The summed E-state index contributed by atoms with van der Waals surface area (Å²) in [6, 6.07) is 5.64. The van der Waals surface area contributed by atoms with E-state index in [0.29, 0.717) is 10.0 Å². The molecule has 1 aromatic carbocycles. The minimum Gasteiger partial charge on any atom is -0.324 e. The molecule has 0 fully saturated rings. The van der Waals surface area contributed by atoms with Gasteiger partial charge in [0.05, 0.1) is 0 Å². The second-order valence-electron chi connectivity index (χ2n) is 4.54. The van der Waals surface area contributed by atoms with E-state index >= 15 is 0 Å². The van der Waals surface area contributed by atoms with Crippen LogP contribution in [0.1, 0.15) is 31.2 Å². The Morgan fingerprint density at radius 3 is 2.47 bits per heavy atom. The van der Waals surface area contributed by atoms with E-state index in [4.69, 9.17) is 28.9 Å². The van der Waals surface area contributed by atoms with Crippen LogP contribution < -0.4 is 5.73 Å². The molecule has 1 atom stereocenters. The van der Waals surface area contributed by atoms with E-state index < -0.39 is 0 Å². The van der Waals surface area contributed by atoms with Gasteiger partial charge in [-0.15, -0.1) is 0 Å². The van der Waals surface area contributed by atoms with Crippen molar-refractivity contribution in [1.82, 2.24) is 0 Å². The van der Waals surface area contributed by atoms with E-state index in [1.54, 1.807) is 0 Å². The average Bonchev–Trinajstić information content (AvgIpc) is 2.35. The van der Waals surface area contributed by atoms with E-state index in [2.05, 4.69) is 6.08 Å². The van der Waals surface area contributed by atoms with E-state index in [1.807, 2.05) is 18.2 Å². The van der Waals surface area contributed by atoms with Crippen molar-refractivity contribution >= 4 is 23.2 Å². The van der Waals surface area contributed by atoms with Gasteiger partial charge in [-0.3, -0.25) is 0 Å². The number of rotatable bonds is 3. The van der Waals surface area contributed by atoms with E-state index in [1.165, 1.54) is 18.4 Å². The molecule has 0 bridgehead atoms. The standard InChI is InChI=1S/C14H17Cl2N/c15-12-7-4-8-13(16)11(12)9-14(17)10-5-2-1-3-6-10/h4-5,7-8,14H,1-3,6,9,17H2. The number of nitrogens with two attached hydrogens (primary N) is 1. The number of allylic oxidation sites excluding steroid dienone is 1. The van der Waals surface area contributed by atoms with E-state index in [-0.39, 0.29) is 6.04 Å². The molecule has 1 aromatic rings. The molecule has 0 spiro atoms. The molecule has 0 saturated carbocycles. The van der Waals surface area contributed by atoms with Gasteiger partial charge in [-0.2, -0.15) is 0 Å². The van der Waals surface area contributed by atoms with Crippen LogP contribution in [0.5, 0.6) is 0 Å². The monoisotopic (exact) mass is 269 g/mol. The van der Waals surface area contributed by atoms with Crippen molar-refractivity contribution in [3.63, 3.8) is 0 Å². The van der Waals surface area contributed by atoms with Gasteiger partial charge >= 0.3 is 0 Å². The maximum absolute atomic E-state index is 6.23. The van der Waals surface area contributed by atoms with Crippen molar-refractivity contribution in [2.45, 2.75) is 38.1 Å². The highest BCUT2D eigenvalue weighted by molar-refractivity contribution is 6.36. The third-order valence-corrected chi connectivity index (χ3v) is 4.00. The Balaban J connectivity index is 2.12. The summed E-state index contributed by atoms with van der Waals surface area (Å²) >= 11 is 12.3. The summed E-state index contributed by atoms with van der Waals surface area (Å²) < 4.78 is 0. The minimum atomic E-state index is 0.0488. The Kier molecular flexibility index (Phi) is 4.49. The Hall–Kier alpha value is -0.500. The zero-order valence-electron chi connectivity index (χ0n) is 9.76. The quantitative estimate of drug-likeness (QED) is 0.811. The lowest BCUT2D eigenvalue weighted by Crippen LogP contribution is -2.26. The van der Waals surface area contributed by atoms with Crippen LogP contribution in [0.2, 0.25) is 10.0 Å². The highest BCUT2D eigenvalue weighted by Gasteiger charge is 2.15. The second-order valence-corrected chi connectivity index (χ2v) is 5.35. The minimum absolute atomic E-state index is 0.0488. The van der Waals surface area contributed by atoms with Gasteiger partial charge in [0.25, 0.3) is 0 Å². The Morgan fingerprint density at radius 2 is 1.88 bits per heavy atom. The second kappa shape index (κ2) is 5.90. The SMILES string of the molecule is NC(Cc1c(Cl)cccc1Cl)C1=CCCCC1. The molecule has 1 nitrogen and oxygen atoms in total. The highest BCUT2D eigenvalue weighted by atomic mass is 35.5. The number of hydrogen-bond donors (Lipinski definition) is 1. The molecule has 0 saturated heterocycles. The van der Waals surface area contributed by atoms with E-state index in [9.17, 15) is 0 Å². The molecular weight excluding hydrogens is 253 g/mol. The van der Waals surface area contributed by atoms with Crippen LogP contribution in [0, 0.1) is 0 Å². The van der Waals surface area contributed by atoms with Gasteiger partial charge in [-0.1, -0.05) is 40.9 Å². The maximum atomic E-state index is 6.23. The predicted molar refractivity (Wildman–Crippen MR) is 74.7 cm³/mol. The first-order valence-electron chi connectivity index (χ1n) is 6.06.